The number of hydrogen-bond donors (Lipinski definition) is 6. The van der Waals surface area contributed by atoms with Crippen molar-refractivity contribution in [3.63, 3.8) is 0 Å². The highest BCUT2D eigenvalue weighted by Crippen LogP contribution is 2.28. The maximum atomic E-state index is 13.1. The minimum absolute atomic E-state index is 0.157. The highest BCUT2D eigenvalue weighted by Gasteiger charge is 2.26. The van der Waals surface area contributed by atoms with Crippen LogP contribution in [0, 0.1) is 6.92 Å². The molecule has 2 atom stereocenters. The normalized spacial score (nSPS) is 12.7. The van der Waals surface area contributed by atoms with Crippen LogP contribution in [0.15, 0.2) is 78.2 Å². The van der Waals surface area contributed by atoms with Gasteiger partial charge in [-0.2, -0.15) is 0 Å². The molecule has 0 fully saturated rings. The first-order chi connectivity index (χ1) is 19.3. The van der Waals surface area contributed by atoms with Crippen LogP contribution in [0.2, 0.25) is 0 Å². The lowest BCUT2D eigenvalue weighted by molar-refractivity contribution is -0.128. The Bertz CT molecular complexity index is 1710. The first-order valence-corrected chi connectivity index (χ1v) is 12.6. The lowest BCUT2D eigenvalue weighted by Crippen LogP contribution is -2.52. The number of nitrogens with one attached hydrogen (secondary N) is 4. The molecule has 0 aliphatic rings. The molecule has 0 aliphatic heterocycles. The zero-order chi connectivity index (χ0) is 28.2. The molecule has 2 aromatic carbocycles. The van der Waals surface area contributed by atoms with E-state index in [1.807, 2.05) is 60.2 Å². The molecule has 7 N–H and O–H groups in total. The topological polar surface area (TPSA) is 184 Å². The highest BCUT2D eigenvalue weighted by molar-refractivity contribution is 5.92. The van der Waals surface area contributed by atoms with E-state index in [-0.39, 0.29) is 23.5 Å². The quantitative estimate of drug-likeness (QED) is 0.155. The molecular weight excluding hydrogens is 512 g/mol. The molecule has 0 spiro atoms. The maximum absolute atomic E-state index is 13.1. The van der Waals surface area contributed by atoms with E-state index in [0.29, 0.717) is 11.0 Å². The van der Waals surface area contributed by atoms with E-state index in [0.717, 1.165) is 16.8 Å². The number of fused-ring (bicyclic) bond motifs is 1. The van der Waals surface area contributed by atoms with E-state index in [9.17, 15) is 19.5 Å². The Morgan fingerprint density at radius 1 is 1.15 bits per heavy atom. The number of carbonyl (C=O) groups is 2. The maximum Gasteiger partial charge on any atom is 0.261 e. The van der Waals surface area contributed by atoms with Crippen LogP contribution in [0.4, 0.5) is 5.69 Å². The van der Waals surface area contributed by atoms with E-state index in [1.165, 1.54) is 6.20 Å². The molecule has 3 heterocycles. The largest absolute Gasteiger partial charge is 0.394 e. The number of amides is 2. The first-order valence-electron chi connectivity index (χ1n) is 12.6. The molecule has 0 saturated carbocycles. The minimum atomic E-state index is -1.18. The van der Waals surface area contributed by atoms with Crippen LogP contribution in [-0.4, -0.2) is 60.1 Å². The number of pyridine rings is 1. The van der Waals surface area contributed by atoms with E-state index in [4.69, 9.17) is 5.73 Å². The van der Waals surface area contributed by atoms with Crippen LogP contribution in [-0.2, 0) is 16.0 Å². The Labute approximate surface area is 228 Å². The van der Waals surface area contributed by atoms with Crippen molar-refractivity contribution in [1.82, 2.24) is 29.8 Å². The molecule has 2 unspecified atom stereocenters. The zero-order valence-electron chi connectivity index (χ0n) is 21.6. The number of carbonyl (C=O) groups excluding carboxylic acids is 2. The van der Waals surface area contributed by atoms with Gasteiger partial charge in [-0.05, 0) is 36.2 Å². The van der Waals surface area contributed by atoms with Crippen molar-refractivity contribution < 1.29 is 14.7 Å². The molecule has 0 bridgehead atoms. The molecule has 5 rings (SSSR count). The van der Waals surface area contributed by atoms with Gasteiger partial charge in [-0.15, -0.1) is 0 Å². The van der Waals surface area contributed by atoms with E-state index >= 15 is 0 Å². The van der Waals surface area contributed by atoms with Crippen molar-refractivity contribution in [2.75, 3.05) is 11.9 Å². The van der Waals surface area contributed by atoms with Crippen LogP contribution < -0.4 is 21.9 Å². The van der Waals surface area contributed by atoms with Crippen LogP contribution >= 0.6 is 0 Å². The summed E-state index contributed by atoms with van der Waals surface area (Å²) in [5.41, 5.74) is 9.46. The monoisotopic (exact) mass is 540 g/mol. The van der Waals surface area contributed by atoms with Gasteiger partial charge in [0.05, 0.1) is 29.7 Å². The van der Waals surface area contributed by atoms with Crippen molar-refractivity contribution in [2.45, 2.75) is 25.4 Å². The second kappa shape index (κ2) is 11.3. The van der Waals surface area contributed by atoms with Crippen molar-refractivity contribution >= 4 is 28.5 Å². The van der Waals surface area contributed by atoms with Crippen molar-refractivity contribution in [3.8, 4) is 17.1 Å². The fourth-order valence-electron chi connectivity index (χ4n) is 4.51. The molecular formula is C28H28N8O4. The summed E-state index contributed by atoms with van der Waals surface area (Å²) in [5.74, 6) is -1.08. The van der Waals surface area contributed by atoms with Crippen LogP contribution in [0.3, 0.4) is 0 Å². The highest BCUT2D eigenvalue weighted by atomic mass is 16.3. The number of aliphatic hydroxyl groups is 1. The van der Waals surface area contributed by atoms with Gasteiger partial charge in [0.15, 0.2) is 0 Å². The number of nitrogens with zero attached hydrogens (tertiary/aromatic N) is 3. The van der Waals surface area contributed by atoms with E-state index in [2.05, 4.69) is 30.6 Å². The number of imidazole rings is 2. The second-order valence-corrected chi connectivity index (χ2v) is 9.34. The third-order valence-electron chi connectivity index (χ3n) is 6.53. The number of hydrogen-bond acceptors (Lipinski definition) is 7. The summed E-state index contributed by atoms with van der Waals surface area (Å²) in [5, 5.41) is 15.6. The standard InChI is InChI=1S/C28H28N8O4/c1-16-11-18(36-10-9-30-15-36)13-20-24(16)35-26(33-20)23-19(7-8-31-28(23)40)32-22(14-37)27(39)34-21(25(29)38)12-17-5-3-2-4-6-17/h2-11,13,15,21-22,37H,12,14H2,1H3,(H2,29,38)(H,33,35)(H,34,39)(H2,31,32,40). The number of H-pyrrole nitrogens is 2. The first kappa shape index (κ1) is 26.4. The summed E-state index contributed by atoms with van der Waals surface area (Å²) in [7, 11) is 0. The summed E-state index contributed by atoms with van der Waals surface area (Å²) in [6.45, 7) is 1.31. The van der Waals surface area contributed by atoms with Crippen LogP contribution in [0.25, 0.3) is 28.1 Å². The molecule has 12 nitrogen and oxygen atoms in total. The number of primary amides is 1. The summed E-state index contributed by atoms with van der Waals surface area (Å²) in [6, 6.07) is 12.4. The molecule has 204 valence electrons. The average Bonchev–Trinajstić information content (AvgIpc) is 3.62. The molecule has 0 aliphatic carbocycles. The third-order valence-corrected chi connectivity index (χ3v) is 6.53. The minimum Gasteiger partial charge on any atom is -0.394 e. The Kier molecular flexibility index (Phi) is 7.42. The SMILES string of the molecule is Cc1cc(-n2ccnc2)cc2[nH]c(-c3c(NC(CO)C(=O)NC(Cc4ccccc4)C(N)=O)cc[nH]c3=O)nc12. The lowest BCUT2D eigenvalue weighted by atomic mass is 10.0. The van der Waals surface area contributed by atoms with Gasteiger partial charge < -0.3 is 36.0 Å². The number of nitrogens with two attached hydrogens (primary N) is 1. The Balaban J connectivity index is 1.42. The number of aliphatic hydroxyl groups excluding tert-OH is 1. The van der Waals surface area contributed by atoms with Gasteiger partial charge >= 0.3 is 0 Å². The number of benzene rings is 2. The smallest absolute Gasteiger partial charge is 0.261 e. The number of anilines is 1. The summed E-state index contributed by atoms with van der Waals surface area (Å²) in [6.07, 6.45) is 6.80. The van der Waals surface area contributed by atoms with Gasteiger partial charge in [0, 0.05) is 30.7 Å². The Morgan fingerprint density at radius 3 is 2.65 bits per heavy atom. The van der Waals surface area contributed by atoms with Crippen molar-refractivity contribution in [2.24, 2.45) is 5.73 Å². The van der Waals surface area contributed by atoms with Gasteiger partial charge in [-0.3, -0.25) is 14.4 Å². The molecule has 3 aromatic heterocycles. The summed E-state index contributed by atoms with van der Waals surface area (Å²) in [4.78, 5) is 52.7. The Hall–Kier alpha value is -5.23. The third kappa shape index (κ3) is 5.47. The number of aromatic nitrogens is 5. The zero-order valence-corrected chi connectivity index (χ0v) is 21.6. The number of rotatable bonds is 10. The molecule has 0 saturated heterocycles. The van der Waals surface area contributed by atoms with E-state index < -0.39 is 36.1 Å². The number of aromatic amines is 2. The summed E-state index contributed by atoms with van der Waals surface area (Å²) >= 11 is 0. The van der Waals surface area contributed by atoms with Gasteiger partial charge in [0.25, 0.3) is 5.56 Å². The molecule has 0 radical (unpaired) electrons. The van der Waals surface area contributed by atoms with Gasteiger partial charge in [0.2, 0.25) is 11.8 Å². The van der Waals surface area contributed by atoms with Gasteiger partial charge in [-0.25, -0.2) is 9.97 Å². The summed E-state index contributed by atoms with van der Waals surface area (Å²) < 4.78 is 1.86. The fraction of sp³-hybridized carbons (Fsp3) is 0.179. The molecule has 5 aromatic rings. The van der Waals surface area contributed by atoms with Gasteiger partial charge in [-0.1, -0.05) is 30.3 Å². The predicted molar refractivity (Wildman–Crippen MR) is 150 cm³/mol. The Morgan fingerprint density at radius 2 is 1.95 bits per heavy atom. The molecule has 12 heteroatoms. The van der Waals surface area contributed by atoms with Gasteiger partial charge in [0.1, 0.15) is 23.5 Å². The van der Waals surface area contributed by atoms with E-state index in [1.54, 1.807) is 18.6 Å². The molecule has 2 amide bonds. The fourth-order valence-corrected chi connectivity index (χ4v) is 4.51. The number of aryl methyl sites for hydroxylation is 1. The molecule has 40 heavy (non-hydrogen) atoms. The van der Waals surface area contributed by atoms with Crippen LogP contribution in [0.5, 0.6) is 0 Å². The van der Waals surface area contributed by atoms with Crippen LogP contribution in [0.1, 0.15) is 11.1 Å². The lowest BCUT2D eigenvalue weighted by Gasteiger charge is -2.22. The van der Waals surface area contributed by atoms with Crippen molar-refractivity contribution in [3.05, 3.63) is 94.9 Å². The predicted octanol–water partition coefficient (Wildman–Crippen LogP) is 1.40. The second-order valence-electron chi connectivity index (χ2n) is 9.34. The average molecular weight is 541 g/mol. The van der Waals surface area contributed by atoms with Crippen molar-refractivity contribution in [1.29, 1.82) is 0 Å².